The molecule has 100 valence electrons. The van der Waals surface area contributed by atoms with Gasteiger partial charge in [0.05, 0.1) is 5.69 Å². The molecule has 5 heteroatoms. The normalized spacial score (nSPS) is 12.3. The van der Waals surface area contributed by atoms with Crippen LogP contribution in [0.1, 0.15) is 23.0 Å². The second-order valence-electron chi connectivity index (χ2n) is 4.38. The van der Waals surface area contributed by atoms with Crippen molar-refractivity contribution >= 4 is 44.6 Å². The molecule has 3 N–H and O–H groups in total. The Kier molecular flexibility index (Phi) is 4.12. The maximum Gasteiger partial charge on any atom is 0.263 e. The van der Waals surface area contributed by atoms with Gasteiger partial charge in [-0.2, -0.15) is 0 Å². The Hall–Kier alpha value is -1.52. The maximum absolute atomic E-state index is 12.2. The van der Waals surface area contributed by atoms with Crippen molar-refractivity contribution in [3.8, 4) is 0 Å². The van der Waals surface area contributed by atoms with Crippen LogP contribution in [0.3, 0.4) is 0 Å². The number of carbonyl (C=O) groups excluding carboxylic acids is 1. The van der Waals surface area contributed by atoms with Crippen molar-refractivity contribution in [1.29, 1.82) is 0 Å². The number of nitrogens with two attached hydrogens (primary N) is 1. The van der Waals surface area contributed by atoms with Gasteiger partial charge in [-0.15, -0.1) is 17.9 Å². The van der Waals surface area contributed by atoms with Crippen LogP contribution in [0.2, 0.25) is 5.02 Å². The number of thiophene rings is 1. The van der Waals surface area contributed by atoms with E-state index >= 15 is 0 Å². The molecule has 1 aromatic heterocycles. The summed E-state index contributed by atoms with van der Waals surface area (Å²) < 4.78 is 0.962. The summed E-state index contributed by atoms with van der Waals surface area (Å²) >= 11 is 7.32. The Morgan fingerprint density at radius 1 is 1.63 bits per heavy atom. The van der Waals surface area contributed by atoms with Gasteiger partial charge >= 0.3 is 0 Å². The lowest BCUT2D eigenvalue weighted by Gasteiger charge is -2.10. The van der Waals surface area contributed by atoms with Crippen molar-refractivity contribution in [3.05, 3.63) is 40.8 Å². The summed E-state index contributed by atoms with van der Waals surface area (Å²) in [6, 6.07) is 5.50. The smallest absolute Gasteiger partial charge is 0.263 e. The van der Waals surface area contributed by atoms with E-state index in [9.17, 15) is 4.79 Å². The highest BCUT2D eigenvalue weighted by atomic mass is 35.5. The number of benzene rings is 1. The van der Waals surface area contributed by atoms with E-state index in [1.54, 1.807) is 18.2 Å². The van der Waals surface area contributed by atoms with Crippen LogP contribution < -0.4 is 11.1 Å². The Labute approximate surface area is 121 Å². The molecule has 1 atom stereocenters. The van der Waals surface area contributed by atoms with Crippen LogP contribution in [-0.4, -0.2) is 11.9 Å². The fourth-order valence-corrected chi connectivity index (χ4v) is 3.03. The zero-order valence-electron chi connectivity index (χ0n) is 10.6. The van der Waals surface area contributed by atoms with Crippen molar-refractivity contribution in [2.24, 2.45) is 0 Å². The molecule has 0 saturated carbocycles. The number of amides is 1. The summed E-state index contributed by atoms with van der Waals surface area (Å²) in [5.41, 5.74) is 6.52. The van der Waals surface area contributed by atoms with Gasteiger partial charge in [0.2, 0.25) is 0 Å². The van der Waals surface area contributed by atoms with Crippen molar-refractivity contribution in [3.63, 3.8) is 0 Å². The molecule has 1 unspecified atom stereocenters. The minimum absolute atomic E-state index is 0.0400. The van der Waals surface area contributed by atoms with E-state index in [0.717, 1.165) is 16.5 Å². The first-order chi connectivity index (χ1) is 9.02. The number of rotatable bonds is 4. The Morgan fingerprint density at radius 3 is 3.05 bits per heavy atom. The van der Waals surface area contributed by atoms with E-state index in [-0.39, 0.29) is 11.9 Å². The minimum Gasteiger partial charge on any atom is -0.397 e. The highest BCUT2D eigenvalue weighted by Gasteiger charge is 2.17. The second-order valence-corrected chi connectivity index (χ2v) is 5.87. The molecule has 0 bridgehead atoms. The molecular weight excluding hydrogens is 280 g/mol. The van der Waals surface area contributed by atoms with Crippen LogP contribution in [0, 0.1) is 0 Å². The van der Waals surface area contributed by atoms with E-state index in [0.29, 0.717) is 15.6 Å². The Balaban J connectivity index is 2.32. The first kappa shape index (κ1) is 13.9. The number of nitrogens with one attached hydrogen (secondary N) is 1. The topological polar surface area (TPSA) is 55.1 Å². The van der Waals surface area contributed by atoms with E-state index in [1.165, 1.54) is 11.3 Å². The molecule has 3 nitrogen and oxygen atoms in total. The summed E-state index contributed by atoms with van der Waals surface area (Å²) in [5.74, 6) is -0.149. The third kappa shape index (κ3) is 2.91. The van der Waals surface area contributed by atoms with Crippen LogP contribution in [0.5, 0.6) is 0 Å². The van der Waals surface area contributed by atoms with Crippen LogP contribution in [0.25, 0.3) is 10.1 Å². The van der Waals surface area contributed by atoms with Crippen molar-refractivity contribution in [2.75, 3.05) is 5.73 Å². The highest BCUT2D eigenvalue weighted by molar-refractivity contribution is 7.21. The third-order valence-electron chi connectivity index (χ3n) is 2.79. The highest BCUT2D eigenvalue weighted by Crippen LogP contribution is 2.35. The van der Waals surface area contributed by atoms with Crippen molar-refractivity contribution in [1.82, 2.24) is 5.32 Å². The Morgan fingerprint density at radius 2 is 2.37 bits per heavy atom. The molecule has 2 aromatic rings. The zero-order valence-corrected chi connectivity index (χ0v) is 12.1. The standard InChI is InChI=1S/C14H15ClN2OS/c1-3-4-8(2)17-14(18)13-12(16)10-7-9(15)5-6-11(10)19-13/h3,5-8H,1,4,16H2,2H3,(H,17,18). The summed E-state index contributed by atoms with van der Waals surface area (Å²) in [6.45, 7) is 5.59. The molecule has 0 radical (unpaired) electrons. The molecule has 1 aromatic carbocycles. The van der Waals surface area contributed by atoms with E-state index in [1.807, 2.05) is 13.0 Å². The van der Waals surface area contributed by atoms with Gasteiger partial charge in [-0.1, -0.05) is 17.7 Å². The molecular formula is C14H15ClN2OS. The van der Waals surface area contributed by atoms with Gasteiger partial charge in [0.25, 0.3) is 5.91 Å². The summed E-state index contributed by atoms with van der Waals surface area (Å²) in [4.78, 5) is 12.7. The van der Waals surface area contributed by atoms with Gasteiger partial charge in [-0.25, -0.2) is 0 Å². The summed E-state index contributed by atoms with van der Waals surface area (Å²) in [6.07, 6.45) is 2.50. The second kappa shape index (κ2) is 5.63. The predicted molar refractivity (Wildman–Crippen MR) is 83.0 cm³/mol. The van der Waals surface area contributed by atoms with E-state index in [4.69, 9.17) is 17.3 Å². The van der Waals surface area contributed by atoms with Crippen LogP contribution in [-0.2, 0) is 0 Å². The lowest BCUT2D eigenvalue weighted by atomic mass is 10.2. The predicted octanol–water partition coefficient (Wildman–Crippen LogP) is 3.83. The molecule has 1 heterocycles. The number of carbonyl (C=O) groups is 1. The Bertz CT molecular complexity index is 636. The third-order valence-corrected chi connectivity index (χ3v) is 4.21. The first-order valence-corrected chi connectivity index (χ1v) is 7.11. The molecule has 2 rings (SSSR count). The average molecular weight is 295 g/mol. The van der Waals surface area contributed by atoms with E-state index in [2.05, 4.69) is 11.9 Å². The minimum atomic E-state index is -0.149. The lowest BCUT2D eigenvalue weighted by Crippen LogP contribution is -2.31. The maximum atomic E-state index is 12.2. The number of nitrogen functional groups attached to an aromatic ring is 1. The van der Waals surface area contributed by atoms with Gasteiger partial charge < -0.3 is 11.1 Å². The van der Waals surface area contributed by atoms with Crippen LogP contribution in [0.4, 0.5) is 5.69 Å². The number of hydrogen-bond acceptors (Lipinski definition) is 3. The molecule has 0 aliphatic heterocycles. The fourth-order valence-electron chi connectivity index (χ4n) is 1.86. The van der Waals surface area contributed by atoms with Crippen LogP contribution >= 0.6 is 22.9 Å². The molecule has 0 fully saturated rings. The molecule has 0 spiro atoms. The van der Waals surface area contributed by atoms with Gasteiger partial charge in [-0.05, 0) is 31.5 Å². The van der Waals surface area contributed by atoms with Gasteiger partial charge in [-0.3, -0.25) is 4.79 Å². The monoisotopic (exact) mass is 294 g/mol. The number of anilines is 1. The lowest BCUT2D eigenvalue weighted by molar-refractivity contribution is 0.0945. The number of halogens is 1. The van der Waals surface area contributed by atoms with E-state index < -0.39 is 0 Å². The SMILES string of the molecule is C=CCC(C)NC(=O)c1sc2ccc(Cl)cc2c1N. The van der Waals surface area contributed by atoms with Gasteiger partial charge in [0.15, 0.2) is 0 Å². The fraction of sp³-hybridized carbons (Fsp3) is 0.214. The molecule has 0 saturated heterocycles. The number of fused-ring (bicyclic) bond motifs is 1. The average Bonchev–Trinajstić information content (AvgIpc) is 2.67. The largest absolute Gasteiger partial charge is 0.397 e. The molecule has 1 amide bonds. The molecule has 0 aliphatic carbocycles. The van der Waals surface area contributed by atoms with Crippen LogP contribution in [0.15, 0.2) is 30.9 Å². The van der Waals surface area contributed by atoms with Gasteiger partial charge in [0, 0.05) is 21.2 Å². The van der Waals surface area contributed by atoms with Crippen molar-refractivity contribution in [2.45, 2.75) is 19.4 Å². The summed E-state index contributed by atoms with van der Waals surface area (Å²) in [5, 5.41) is 4.35. The van der Waals surface area contributed by atoms with Crippen molar-refractivity contribution < 1.29 is 4.79 Å². The first-order valence-electron chi connectivity index (χ1n) is 5.92. The molecule has 0 aliphatic rings. The number of hydrogen-bond donors (Lipinski definition) is 2. The van der Waals surface area contributed by atoms with Gasteiger partial charge in [0.1, 0.15) is 4.88 Å². The quantitative estimate of drug-likeness (QED) is 0.842. The summed E-state index contributed by atoms with van der Waals surface area (Å²) in [7, 11) is 0. The zero-order chi connectivity index (χ0) is 14.0. The molecule has 19 heavy (non-hydrogen) atoms.